The third kappa shape index (κ3) is 7.38. The molecule has 0 saturated heterocycles. The summed E-state index contributed by atoms with van der Waals surface area (Å²) in [6.45, 7) is 3.68. The highest BCUT2D eigenvalue weighted by atomic mass is 16.5. The van der Waals surface area contributed by atoms with E-state index in [1.54, 1.807) is 36.4 Å². The van der Waals surface area contributed by atoms with Crippen molar-refractivity contribution in [1.29, 1.82) is 63.1 Å². The highest BCUT2D eigenvalue weighted by molar-refractivity contribution is 5.99. The van der Waals surface area contributed by atoms with Crippen molar-refractivity contribution < 1.29 is 9.47 Å². The predicted molar refractivity (Wildman–Crippen MR) is 193 cm³/mol. The van der Waals surface area contributed by atoms with Gasteiger partial charge >= 0.3 is 0 Å². The lowest BCUT2D eigenvalue weighted by molar-refractivity contribution is 0.297. The van der Waals surface area contributed by atoms with Gasteiger partial charge in [-0.2, -0.15) is 63.1 Å². The molecule has 0 amide bonds. The van der Waals surface area contributed by atoms with Crippen LogP contribution < -0.4 is 9.47 Å². The molecule has 0 unspecified atom stereocenters. The van der Waals surface area contributed by atoms with E-state index in [1.807, 2.05) is 50.3 Å². The molecule has 0 aliphatic heterocycles. The maximum atomic E-state index is 11.0. The summed E-state index contributed by atoms with van der Waals surface area (Å²) >= 11 is 0. The molecule has 0 heterocycles. The van der Waals surface area contributed by atoms with Crippen molar-refractivity contribution in [2.45, 2.75) is 65.2 Å². The molecule has 0 aromatic heterocycles. The van der Waals surface area contributed by atoms with Gasteiger partial charge in [-0.25, -0.2) is 0 Å². The molecule has 0 N–H and O–H groups in total. The normalized spacial score (nSPS) is 9.39. The highest BCUT2D eigenvalue weighted by Gasteiger charge is 2.37. The number of nitrogens with zero attached hydrogens (tertiary/aromatic N) is 12. The smallest absolute Gasteiger partial charge is 0.147 e. The fourth-order valence-electron chi connectivity index (χ4n) is 6.21. The molecule has 0 spiro atoms. The number of nitriles is 12. The molecule has 0 aliphatic rings. The number of rotatable bonds is 14. The third-order valence-corrected chi connectivity index (χ3v) is 8.74. The molecule has 0 atom stereocenters. The zero-order chi connectivity index (χ0) is 41.4. The summed E-state index contributed by atoms with van der Waals surface area (Å²) in [7, 11) is 0. The maximum absolute atomic E-state index is 11.0. The van der Waals surface area contributed by atoms with E-state index in [0.29, 0.717) is 25.7 Å². The van der Waals surface area contributed by atoms with Crippen LogP contribution >= 0.6 is 0 Å². The van der Waals surface area contributed by atoms with Gasteiger partial charge in [0.15, 0.2) is 0 Å². The first kappa shape index (κ1) is 41.6. The minimum absolute atomic E-state index is 0.129. The molecule has 0 saturated carbocycles. The standard InChI is InChI=1S/C42H26N12O2/c1-3-5-7-9-11-55-41-35(23-53)40(38-33(21-51)29(17-47)26(14-44)30(18-48)34(38)22-52)42(56-12-10-8-6-4-2)36(24-54)39(41)37-31(19-49)27(15-45)25(13-43)28(16-46)32(37)20-50/h3-12H2,1-2H3. The number of unbranched alkanes of at least 4 members (excludes halogenated alkanes) is 6. The Kier molecular flexibility index (Phi) is 14.6. The highest BCUT2D eigenvalue weighted by Crippen LogP contribution is 2.53. The minimum atomic E-state index is -0.593. The molecule has 266 valence electrons. The van der Waals surface area contributed by atoms with Crippen LogP contribution in [0.1, 0.15) is 132 Å². The van der Waals surface area contributed by atoms with Crippen LogP contribution in [0.4, 0.5) is 0 Å². The van der Waals surface area contributed by atoms with E-state index in [0.717, 1.165) is 25.7 Å². The van der Waals surface area contributed by atoms with Gasteiger partial charge in [-0.1, -0.05) is 52.4 Å². The zero-order valence-electron chi connectivity index (χ0n) is 30.3. The first-order valence-corrected chi connectivity index (χ1v) is 17.1. The molecule has 3 aromatic carbocycles. The van der Waals surface area contributed by atoms with E-state index in [9.17, 15) is 63.1 Å². The van der Waals surface area contributed by atoms with Gasteiger partial charge in [-0.3, -0.25) is 0 Å². The molecule has 0 fully saturated rings. The Morgan fingerprint density at radius 3 is 0.732 bits per heavy atom. The molecule has 14 nitrogen and oxygen atoms in total. The van der Waals surface area contributed by atoms with E-state index in [-0.39, 0.29) is 13.2 Å². The Morgan fingerprint density at radius 1 is 0.286 bits per heavy atom. The fourth-order valence-corrected chi connectivity index (χ4v) is 6.21. The van der Waals surface area contributed by atoms with Gasteiger partial charge in [-0.15, -0.1) is 0 Å². The number of ether oxygens (including phenoxy) is 2. The van der Waals surface area contributed by atoms with Gasteiger partial charge < -0.3 is 9.47 Å². The summed E-state index contributed by atoms with van der Waals surface area (Å²) in [6.07, 6.45) is 5.34. The SMILES string of the molecule is CCCCCCOc1c(C#N)c(-c2c(C#N)c(C#N)c(C#N)c(C#N)c2C#N)c(OCCCCCC)c(C#N)c1-c1c(C#N)c(C#N)c(C#N)c(C#N)c1C#N. The Labute approximate surface area is 323 Å². The predicted octanol–water partition coefficient (Wildman–Crippen LogP) is 7.40. The minimum Gasteiger partial charge on any atom is -0.491 e. The molecule has 56 heavy (non-hydrogen) atoms. The molecule has 14 heteroatoms. The Balaban J connectivity index is 2.94. The van der Waals surface area contributed by atoms with Crippen molar-refractivity contribution in [3.05, 3.63) is 66.8 Å². The topological polar surface area (TPSA) is 304 Å². The van der Waals surface area contributed by atoms with Crippen LogP contribution in [0, 0.1) is 136 Å². The first-order valence-electron chi connectivity index (χ1n) is 17.1. The lowest BCUT2D eigenvalue weighted by Crippen LogP contribution is -2.12. The molecule has 0 radical (unpaired) electrons. The van der Waals surface area contributed by atoms with Crippen LogP contribution in [0.15, 0.2) is 0 Å². The van der Waals surface area contributed by atoms with Gasteiger partial charge in [0.25, 0.3) is 0 Å². The number of hydrogen-bond donors (Lipinski definition) is 0. The number of hydrogen-bond acceptors (Lipinski definition) is 14. The van der Waals surface area contributed by atoms with Crippen molar-refractivity contribution in [2.75, 3.05) is 13.2 Å². The largest absolute Gasteiger partial charge is 0.491 e. The van der Waals surface area contributed by atoms with Crippen LogP contribution in [0.25, 0.3) is 22.3 Å². The quantitative estimate of drug-likeness (QED) is 0.146. The van der Waals surface area contributed by atoms with Gasteiger partial charge in [0.05, 0.1) is 68.8 Å². The van der Waals surface area contributed by atoms with E-state index in [1.165, 1.54) is 0 Å². The zero-order valence-corrected chi connectivity index (χ0v) is 30.3. The first-order chi connectivity index (χ1) is 27.3. The molecular formula is C42H26N12O2. The average Bonchev–Trinajstić information content (AvgIpc) is 3.23. The van der Waals surface area contributed by atoms with E-state index >= 15 is 0 Å². The van der Waals surface area contributed by atoms with Gasteiger partial charge in [0.1, 0.15) is 95.5 Å². The summed E-state index contributed by atoms with van der Waals surface area (Å²) in [5, 5.41) is 125. The van der Waals surface area contributed by atoms with Crippen molar-refractivity contribution in [2.24, 2.45) is 0 Å². The Morgan fingerprint density at radius 2 is 0.518 bits per heavy atom. The van der Waals surface area contributed by atoms with Crippen LogP contribution in [-0.2, 0) is 0 Å². The van der Waals surface area contributed by atoms with Crippen LogP contribution in [-0.4, -0.2) is 13.2 Å². The van der Waals surface area contributed by atoms with Crippen molar-refractivity contribution in [1.82, 2.24) is 0 Å². The average molecular weight is 731 g/mol. The fraction of sp³-hybridized carbons (Fsp3) is 0.286. The van der Waals surface area contributed by atoms with E-state index in [4.69, 9.17) is 9.47 Å². The van der Waals surface area contributed by atoms with Crippen LogP contribution in [0.2, 0.25) is 0 Å². The number of benzene rings is 3. The van der Waals surface area contributed by atoms with Crippen molar-refractivity contribution >= 4 is 0 Å². The molecule has 0 aliphatic carbocycles. The summed E-state index contributed by atoms with van der Waals surface area (Å²) in [4.78, 5) is 0. The second-order valence-corrected chi connectivity index (χ2v) is 11.8. The van der Waals surface area contributed by atoms with Crippen LogP contribution in [0.5, 0.6) is 11.5 Å². The van der Waals surface area contributed by atoms with Crippen molar-refractivity contribution in [3.8, 4) is 107 Å². The maximum Gasteiger partial charge on any atom is 0.147 e. The molecule has 3 aromatic rings. The monoisotopic (exact) mass is 730 g/mol. The second kappa shape index (κ2) is 19.7. The molecule has 3 rings (SSSR count). The van der Waals surface area contributed by atoms with Crippen LogP contribution in [0.3, 0.4) is 0 Å². The summed E-state index contributed by atoms with van der Waals surface area (Å²) in [5.74, 6) is -0.956. The van der Waals surface area contributed by atoms with E-state index < -0.39 is 101 Å². The van der Waals surface area contributed by atoms with Gasteiger partial charge in [0.2, 0.25) is 0 Å². The summed E-state index contributed by atoms with van der Waals surface area (Å²) in [6, 6.07) is 21.6. The van der Waals surface area contributed by atoms with E-state index in [2.05, 4.69) is 0 Å². The van der Waals surface area contributed by atoms with Gasteiger partial charge in [-0.05, 0) is 12.8 Å². The Bertz CT molecular complexity index is 2370. The third-order valence-electron chi connectivity index (χ3n) is 8.74. The molecular weight excluding hydrogens is 705 g/mol. The lowest BCUT2D eigenvalue weighted by atomic mass is 9.79. The molecule has 0 bridgehead atoms. The summed E-state index contributed by atoms with van der Waals surface area (Å²) < 4.78 is 12.5. The Hall–Kier alpha value is -8.86. The second-order valence-electron chi connectivity index (χ2n) is 11.8. The van der Waals surface area contributed by atoms with Crippen molar-refractivity contribution in [3.63, 3.8) is 0 Å². The lowest BCUT2D eigenvalue weighted by Gasteiger charge is -2.25. The summed E-state index contributed by atoms with van der Waals surface area (Å²) in [5.41, 5.74) is -8.77. The van der Waals surface area contributed by atoms with Gasteiger partial charge in [0, 0.05) is 22.3 Å².